The number of rotatable bonds is 0. The topological polar surface area (TPSA) is 14.1 Å². The summed E-state index contributed by atoms with van der Waals surface area (Å²) in [5.41, 5.74) is 1.12. The molecule has 1 heterocycles. The molecule has 1 aromatic rings. The van der Waals surface area contributed by atoms with Crippen LogP contribution in [0.15, 0.2) is 30.3 Å². The van der Waals surface area contributed by atoms with E-state index in [0.29, 0.717) is 5.92 Å². The van der Waals surface area contributed by atoms with Gasteiger partial charge in [0.05, 0.1) is 0 Å². The Balaban J connectivity index is 1.99. The Morgan fingerprint density at radius 2 is 1.79 bits per heavy atom. The molecule has 1 aliphatic rings. The van der Waals surface area contributed by atoms with E-state index in [1.54, 1.807) is 0 Å². The zero-order valence-corrected chi connectivity index (χ0v) is 8.24. The van der Waals surface area contributed by atoms with Crippen molar-refractivity contribution in [2.24, 2.45) is 5.92 Å². The zero-order valence-electron chi connectivity index (χ0n) is 8.24. The Hall–Kier alpha value is -1.26. The second-order valence-electron chi connectivity index (χ2n) is 3.58. The lowest BCUT2D eigenvalue weighted by molar-refractivity contribution is 0.441. The van der Waals surface area contributed by atoms with Crippen LogP contribution in [0.25, 0.3) is 0 Å². The molecule has 0 aromatic heterocycles. The van der Waals surface area contributed by atoms with Gasteiger partial charge < -0.3 is 0 Å². The SMILES string of the molecule is C(#CC1CC[N]CC1)c1ccccc1. The van der Waals surface area contributed by atoms with E-state index in [9.17, 15) is 0 Å². The lowest BCUT2D eigenvalue weighted by atomic mass is 9.98. The van der Waals surface area contributed by atoms with Gasteiger partial charge in [-0.05, 0) is 25.0 Å². The highest BCUT2D eigenvalue weighted by Crippen LogP contribution is 2.10. The largest absolute Gasteiger partial charge is 0.242 e. The van der Waals surface area contributed by atoms with Crippen molar-refractivity contribution in [2.45, 2.75) is 12.8 Å². The van der Waals surface area contributed by atoms with Gasteiger partial charge >= 0.3 is 0 Å². The summed E-state index contributed by atoms with van der Waals surface area (Å²) in [6.45, 7) is 1.99. The van der Waals surface area contributed by atoms with Crippen molar-refractivity contribution >= 4 is 0 Å². The van der Waals surface area contributed by atoms with Crippen LogP contribution in [0.4, 0.5) is 0 Å². The van der Waals surface area contributed by atoms with Crippen LogP contribution < -0.4 is 5.32 Å². The zero-order chi connectivity index (χ0) is 9.64. The Labute approximate surface area is 85.5 Å². The predicted molar refractivity (Wildman–Crippen MR) is 57.9 cm³/mol. The summed E-state index contributed by atoms with van der Waals surface area (Å²) in [4.78, 5) is 0. The Kier molecular flexibility index (Phi) is 3.21. The summed E-state index contributed by atoms with van der Waals surface area (Å²) in [7, 11) is 0. The highest BCUT2D eigenvalue weighted by molar-refractivity contribution is 5.34. The molecule has 2 rings (SSSR count). The van der Waals surface area contributed by atoms with Gasteiger partial charge in [-0.25, -0.2) is 5.32 Å². The molecule has 0 bridgehead atoms. The number of hydrogen-bond donors (Lipinski definition) is 0. The molecule has 1 radical (unpaired) electrons. The monoisotopic (exact) mass is 184 g/mol. The maximum Gasteiger partial charge on any atom is 0.0245 e. The van der Waals surface area contributed by atoms with Crippen LogP contribution in [0.3, 0.4) is 0 Å². The van der Waals surface area contributed by atoms with E-state index < -0.39 is 0 Å². The maximum absolute atomic E-state index is 4.31. The summed E-state index contributed by atoms with van der Waals surface area (Å²) in [6.07, 6.45) is 2.28. The third-order valence-electron chi connectivity index (χ3n) is 2.47. The minimum atomic E-state index is 0.563. The summed E-state index contributed by atoms with van der Waals surface area (Å²) in [5, 5.41) is 4.31. The summed E-state index contributed by atoms with van der Waals surface area (Å²) in [6, 6.07) is 10.2. The molecular formula is C13H14N. The number of nitrogens with zero attached hydrogens (tertiary/aromatic N) is 1. The van der Waals surface area contributed by atoms with E-state index >= 15 is 0 Å². The van der Waals surface area contributed by atoms with E-state index in [2.05, 4.69) is 29.3 Å². The first-order valence-electron chi connectivity index (χ1n) is 5.15. The molecule has 1 nitrogen and oxygen atoms in total. The molecule has 0 atom stereocenters. The van der Waals surface area contributed by atoms with Crippen molar-refractivity contribution in [3.63, 3.8) is 0 Å². The van der Waals surface area contributed by atoms with Gasteiger partial charge in [0.2, 0.25) is 0 Å². The van der Waals surface area contributed by atoms with Gasteiger partial charge in [-0.1, -0.05) is 30.0 Å². The van der Waals surface area contributed by atoms with Gasteiger partial charge in [0, 0.05) is 24.6 Å². The molecule has 14 heavy (non-hydrogen) atoms. The van der Waals surface area contributed by atoms with E-state index in [1.807, 2.05) is 18.2 Å². The van der Waals surface area contributed by atoms with E-state index in [0.717, 1.165) is 31.5 Å². The van der Waals surface area contributed by atoms with Crippen LogP contribution in [0.1, 0.15) is 18.4 Å². The molecule has 1 saturated heterocycles. The Morgan fingerprint density at radius 1 is 1.07 bits per heavy atom. The molecular weight excluding hydrogens is 170 g/mol. The van der Waals surface area contributed by atoms with Crippen LogP contribution in [0.5, 0.6) is 0 Å². The smallest absolute Gasteiger partial charge is 0.0245 e. The Bertz CT molecular complexity index is 325. The molecule has 0 unspecified atom stereocenters. The highest BCUT2D eigenvalue weighted by atomic mass is 14.9. The first-order valence-corrected chi connectivity index (χ1v) is 5.15. The van der Waals surface area contributed by atoms with Gasteiger partial charge in [-0.2, -0.15) is 0 Å². The molecule has 1 aliphatic heterocycles. The molecule has 71 valence electrons. The maximum atomic E-state index is 4.31. The molecule has 0 aliphatic carbocycles. The van der Waals surface area contributed by atoms with Crippen LogP contribution in [0.2, 0.25) is 0 Å². The molecule has 1 fully saturated rings. The number of benzene rings is 1. The van der Waals surface area contributed by atoms with Crippen molar-refractivity contribution in [3.8, 4) is 11.8 Å². The standard InChI is InChI=1S/C13H14N/c1-2-4-12(5-3-1)6-7-13-8-10-14-11-9-13/h1-5,13H,8-11H2. The lowest BCUT2D eigenvalue weighted by Crippen LogP contribution is -2.21. The van der Waals surface area contributed by atoms with Crippen LogP contribution in [-0.2, 0) is 0 Å². The van der Waals surface area contributed by atoms with E-state index in [4.69, 9.17) is 0 Å². The number of hydrogen-bond acceptors (Lipinski definition) is 0. The molecule has 1 aromatic carbocycles. The highest BCUT2D eigenvalue weighted by Gasteiger charge is 2.09. The summed E-state index contributed by atoms with van der Waals surface area (Å²) in [5.74, 6) is 7.11. The predicted octanol–water partition coefficient (Wildman–Crippen LogP) is 2.05. The van der Waals surface area contributed by atoms with Gasteiger partial charge in [0.1, 0.15) is 0 Å². The van der Waals surface area contributed by atoms with Crippen molar-refractivity contribution < 1.29 is 0 Å². The van der Waals surface area contributed by atoms with Crippen LogP contribution >= 0.6 is 0 Å². The van der Waals surface area contributed by atoms with Crippen molar-refractivity contribution in [3.05, 3.63) is 35.9 Å². The second-order valence-corrected chi connectivity index (χ2v) is 3.58. The minimum absolute atomic E-state index is 0.563. The second kappa shape index (κ2) is 4.83. The van der Waals surface area contributed by atoms with Crippen LogP contribution in [0, 0.1) is 17.8 Å². The molecule has 1 heteroatoms. The average molecular weight is 184 g/mol. The average Bonchev–Trinajstić information content (AvgIpc) is 2.29. The van der Waals surface area contributed by atoms with Crippen LogP contribution in [-0.4, -0.2) is 13.1 Å². The fourth-order valence-corrected chi connectivity index (χ4v) is 1.60. The third kappa shape index (κ3) is 2.61. The van der Waals surface area contributed by atoms with E-state index in [1.165, 1.54) is 0 Å². The fraction of sp³-hybridized carbons (Fsp3) is 0.385. The first kappa shape index (κ1) is 9.30. The minimum Gasteiger partial charge on any atom is -0.242 e. The summed E-state index contributed by atoms with van der Waals surface area (Å²) >= 11 is 0. The normalized spacial score (nSPS) is 17.1. The van der Waals surface area contributed by atoms with Gasteiger partial charge in [-0.3, -0.25) is 0 Å². The van der Waals surface area contributed by atoms with Gasteiger partial charge in [0.25, 0.3) is 0 Å². The van der Waals surface area contributed by atoms with Gasteiger partial charge in [-0.15, -0.1) is 0 Å². The third-order valence-corrected chi connectivity index (χ3v) is 2.47. The van der Waals surface area contributed by atoms with Crippen molar-refractivity contribution in [1.82, 2.24) is 5.32 Å². The summed E-state index contributed by atoms with van der Waals surface area (Å²) < 4.78 is 0. The Morgan fingerprint density at radius 3 is 2.50 bits per heavy atom. The quantitative estimate of drug-likeness (QED) is 0.548. The molecule has 0 amide bonds. The van der Waals surface area contributed by atoms with Gasteiger partial charge in [0.15, 0.2) is 0 Å². The molecule has 0 saturated carbocycles. The first-order chi connectivity index (χ1) is 6.95. The van der Waals surface area contributed by atoms with Crippen molar-refractivity contribution in [1.29, 1.82) is 0 Å². The fourth-order valence-electron chi connectivity index (χ4n) is 1.60. The van der Waals surface area contributed by atoms with Crippen molar-refractivity contribution in [2.75, 3.05) is 13.1 Å². The van der Waals surface area contributed by atoms with E-state index in [-0.39, 0.29) is 0 Å². The molecule has 0 N–H and O–H groups in total. The molecule has 0 spiro atoms. The number of piperidine rings is 1. The lowest BCUT2D eigenvalue weighted by Gasteiger charge is -2.15.